The number of benzene rings is 1. The number of hydrogen-bond acceptors (Lipinski definition) is 6. The van der Waals surface area contributed by atoms with Crippen LogP contribution >= 0.6 is 0 Å². The fourth-order valence-corrected chi connectivity index (χ4v) is 1.73. The highest BCUT2D eigenvalue weighted by Crippen LogP contribution is 2.16. The molecule has 1 aromatic carbocycles. The Morgan fingerprint density at radius 2 is 1.95 bits per heavy atom. The average Bonchev–Trinajstić information content (AvgIpc) is 2.49. The molecule has 6 heteroatoms. The largest absolute Gasteiger partial charge is 0.368 e. The molecule has 0 fully saturated rings. The van der Waals surface area contributed by atoms with Gasteiger partial charge in [0.2, 0.25) is 5.95 Å². The van der Waals surface area contributed by atoms with Gasteiger partial charge in [-0.2, -0.15) is 5.10 Å². The summed E-state index contributed by atoms with van der Waals surface area (Å²) in [6.45, 7) is 0. The molecule has 3 aromatic rings. The van der Waals surface area contributed by atoms with Crippen molar-refractivity contribution in [1.82, 2.24) is 15.0 Å². The van der Waals surface area contributed by atoms with Crippen LogP contribution in [-0.2, 0) is 0 Å². The van der Waals surface area contributed by atoms with Crippen molar-refractivity contribution in [3.63, 3.8) is 0 Å². The van der Waals surface area contributed by atoms with Gasteiger partial charge in [-0.25, -0.2) is 9.97 Å². The van der Waals surface area contributed by atoms with E-state index in [9.17, 15) is 0 Å². The molecule has 2 heterocycles. The quantitative estimate of drug-likeness (QED) is 0.558. The first-order valence-electron chi connectivity index (χ1n) is 6.03. The third-order valence-electron chi connectivity index (χ3n) is 2.70. The molecule has 98 valence electrons. The van der Waals surface area contributed by atoms with Gasteiger partial charge >= 0.3 is 0 Å². The average molecular weight is 264 g/mol. The van der Waals surface area contributed by atoms with Gasteiger partial charge in [-0.1, -0.05) is 12.1 Å². The minimum Gasteiger partial charge on any atom is -0.368 e. The maximum atomic E-state index is 5.41. The summed E-state index contributed by atoms with van der Waals surface area (Å²) >= 11 is 0. The lowest BCUT2D eigenvalue weighted by Gasteiger charge is -2.02. The molecule has 0 aliphatic rings. The van der Waals surface area contributed by atoms with E-state index in [0.29, 0.717) is 0 Å². The molecule has 0 atom stereocenters. The Morgan fingerprint density at radius 3 is 2.80 bits per heavy atom. The van der Waals surface area contributed by atoms with Crippen molar-refractivity contribution >= 4 is 28.8 Å². The molecule has 6 nitrogen and oxygen atoms in total. The van der Waals surface area contributed by atoms with Gasteiger partial charge in [-0.05, 0) is 18.2 Å². The highest BCUT2D eigenvalue weighted by Gasteiger charge is 1.95. The van der Waals surface area contributed by atoms with E-state index in [2.05, 4.69) is 25.5 Å². The van der Waals surface area contributed by atoms with Crippen LogP contribution in [0.4, 0.5) is 11.6 Å². The molecule has 2 aromatic heterocycles. The highest BCUT2D eigenvalue weighted by molar-refractivity contribution is 5.83. The van der Waals surface area contributed by atoms with Gasteiger partial charge < -0.3 is 5.73 Å². The number of nitrogens with zero attached hydrogens (tertiary/aromatic N) is 4. The van der Waals surface area contributed by atoms with E-state index in [1.807, 2.05) is 30.3 Å². The van der Waals surface area contributed by atoms with Crippen LogP contribution in [0.2, 0.25) is 0 Å². The van der Waals surface area contributed by atoms with Crippen molar-refractivity contribution in [2.75, 3.05) is 11.2 Å². The molecular formula is C14H12N6. The van der Waals surface area contributed by atoms with Crippen molar-refractivity contribution < 1.29 is 0 Å². The molecule has 0 aliphatic heterocycles. The van der Waals surface area contributed by atoms with E-state index >= 15 is 0 Å². The van der Waals surface area contributed by atoms with Crippen LogP contribution in [0, 0.1) is 0 Å². The lowest BCUT2D eigenvalue weighted by atomic mass is 10.2. The fourth-order valence-electron chi connectivity index (χ4n) is 1.73. The Labute approximate surface area is 115 Å². The van der Waals surface area contributed by atoms with Crippen LogP contribution < -0.4 is 11.2 Å². The summed E-state index contributed by atoms with van der Waals surface area (Å²) < 4.78 is 0. The SMILES string of the molecule is Nc1ncc(/C=N\Nc2ccc3cccnc3c2)cn1. The Hall–Kier alpha value is -3.02. The monoisotopic (exact) mass is 264 g/mol. The number of pyridine rings is 1. The first-order chi connectivity index (χ1) is 9.81. The molecule has 0 amide bonds. The third-order valence-corrected chi connectivity index (χ3v) is 2.70. The molecular weight excluding hydrogens is 252 g/mol. The number of fused-ring (bicyclic) bond motifs is 1. The van der Waals surface area contributed by atoms with Crippen LogP contribution in [0.15, 0.2) is 54.0 Å². The highest BCUT2D eigenvalue weighted by atomic mass is 15.3. The van der Waals surface area contributed by atoms with Crippen LogP contribution in [0.3, 0.4) is 0 Å². The smallest absolute Gasteiger partial charge is 0.219 e. The van der Waals surface area contributed by atoms with Gasteiger partial charge in [-0.3, -0.25) is 10.4 Å². The zero-order valence-corrected chi connectivity index (χ0v) is 10.6. The molecule has 20 heavy (non-hydrogen) atoms. The molecule has 0 unspecified atom stereocenters. The molecule has 3 rings (SSSR count). The lowest BCUT2D eigenvalue weighted by molar-refractivity contribution is 1.18. The van der Waals surface area contributed by atoms with Crippen LogP contribution in [0.1, 0.15) is 5.56 Å². The summed E-state index contributed by atoms with van der Waals surface area (Å²) in [5.41, 5.74) is 10.9. The molecule has 0 saturated heterocycles. The number of hydrogen-bond donors (Lipinski definition) is 2. The second kappa shape index (κ2) is 5.31. The Balaban J connectivity index is 1.74. The summed E-state index contributed by atoms with van der Waals surface area (Å²) in [4.78, 5) is 12.1. The van der Waals surface area contributed by atoms with Crippen molar-refractivity contribution in [2.45, 2.75) is 0 Å². The predicted molar refractivity (Wildman–Crippen MR) is 79.4 cm³/mol. The maximum absolute atomic E-state index is 5.41. The van der Waals surface area contributed by atoms with E-state index in [4.69, 9.17) is 5.73 Å². The standard InChI is InChI=1S/C14H12N6/c15-14-17-7-10(8-18-14)9-19-20-12-4-3-11-2-1-5-16-13(11)6-12/h1-9,20H,(H2,15,17,18)/b19-9-. The molecule has 3 N–H and O–H groups in total. The summed E-state index contributed by atoms with van der Waals surface area (Å²) in [6, 6.07) is 9.80. The van der Waals surface area contributed by atoms with Gasteiger partial charge in [-0.15, -0.1) is 0 Å². The number of rotatable bonds is 3. The van der Waals surface area contributed by atoms with Crippen molar-refractivity contribution in [2.24, 2.45) is 5.10 Å². The van der Waals surface area contributed by atoms with E-state index in [0.717, 1.165) is 22.2 Å². The number of nitrogens with two attached hydrogens (primary N) is 1. The summed E-state index contributed by atoms with van der Waals surface area (Å²) in [6.07, 6.45) is 6.61. The van der Waals surface area contributed by atoms with E-state index in [1.54, 1.807) is 24.8 Å². The Bertz CT molecular complexity index is 751. The Morgan fingerprint density at radius 1 is 1.10 bits per heavy atom. The van der Waals surface area contributed by atoms with Crippen molar-refractivity contribution in [3.05, 3.63) is 54.5 Å². The number of aromatic nitrogens is 3. The molecule has 0 bridgehead atoms. The molecule has 0 aliphatic carbocycles. The van der Waals surface area contributed by atoms with Crippen molar-refractivity contribution in [3.8, 4) is 0 Å². The summed E-state index contributed by atoms with van der Waals surface area (Å²) in [5.74, 6) is 0.246. The molecule has 0 spiro atoms. The van der Waals surface area contributed by atoms with Crippen LogP contribution in [0.5, 0.6) is 0 Å². The van der Waals surface area contributed by atoms with Crippen LogP contribution in [-0.4, -0.2) is 21.2 Å². The minimum atomic E-state index is 0.246. The lowest BCUT2D eigenvalue weighted by Crippen LogP contribution is -1.96. The first kappa shape index (κ1) is 12.0. The normalized spacial score (nSPS) is 11.0. The number of anilines is 2. The van der Waals surface area contributed by atoms with Gasteiger partial charge in [0.25, 0.3) is 0 Å². The van der Waals surface area contributed by atoms with Gasteiger partial charge in [0, 0.05) is 29.5 Å². The van der Waals surface area contributed by atoms with Crippen molar-refractivity contribution in [1.29, 1.82) is 0 Å². The third kappa shape index (κ3) is 2.69. The van der Waals surface area contributed by atoms with Crippen LogP contribution in [0.25, 0.3) is 10.9 Å². The zero-order valence-electron chi connectivity index (χ0n) is 10.6. The molecule has 0 radical (unpaired) electrons. The van der Waals surface area contributed by atoms with Gasteiger partial charge in [0.1, 0.15) is 0 Å². The number of nitrogen functional groups attached to an aromatic ring is 1. The number of nitrogens with one attached hydrogen (secondary N) is 1. The summed E-state index contributed by atoms with van der Waals surface area (Å²) in [5, 5.41) is 5.22. The number of hydrazone groups is 1. The fraction of sp³-hybridized carbons (Fsp3) is 0. The molecule has 0 saturated carbocycles. The Kier molecular flexibility index (Phi) is 3.20. The topological polar surface area (TPSA) is 89.1 Å². The second-order valence-corrected chi connectivity index (χ2v) is 4.16. The van der Waals surface area contributed by atoms with Gasteiger partial charge in [0.15, 0.2) is 0 Å². The second-order valence-electron chi connectivity index (χ2n) is 4.16. The maximum Gasteiger partial charge on any atom is 0.219 e. The zero-order chi connectivity index (χ0) is 13.8. The summed E-state index contributed by atoms with van der Waals surface area (Å²) in [7, 11) is 0. The van der Waals surface area contributed by atoms with Gasteiger partial charge in [0.05, 0.1) is 17.4 Å². The minimum absolute atomic E-state index is 0.246. The van der Waals surface area contributed by atoms with E-state index in [-0.39, 0.29) is 5.95 Å². The van der Waals surface area contributed by atoms with E-state index in [1.165, 1.54) is 0 Å². The first-order valence-corrected chi connectivity index (χ1v) is 6.03. The predicted octanol–water partition coefficient (Wildman–Crippen LogP) is 2.05. The van der Waals surface area contributed by atoms with E-state index < -0.39 is 0 Å².